The van der Waals surface area contributed by atoms with E-state index in [0.717, 1.165) is 28.9 Å². The van der Waals surface area contributed by atoms with Gasteiger partial charge in [0.25, 0.3) is 11.1 Å². The second-order valence-electron chi connectivity index (χ2n) is 22.1. The number of halogens is 2. The van der Waals surface area contributed by atoms with Crippen LogP contribution in [-0.4, -0.2) is 193 Å². The quantitative estimate of drug-likeness (QED) is 0.0857. The van der Waals surface area contributed by atoms with E-state index in [1.165, 1.54) is 40.2 Å². The lowest BCUT2D eigenvalue weighted by Gasteiger charge is -2.33. The summed E-state index contributed by atoms with van der Waals surface area (Å²) in [6, 6.07) is 3.03. The average Bonchev–Trinajstić information content (AvgIpc) is 1.57. The van der Waals surface area contributed by atoms with Gasteiger partial charge >= 0.3 is 27.8 Å². The molecule has 47 heteroatoms. The highest BCUT2D eigenvalue weighted by Crippen LogP contribution is 2.60. The number of pyridine rings is 2. The van der Waals surface area contributed by atoms with Crippen LogP contribution in [0.3, 0.4) is 0 Å². The lowest BCUT2D eigenvalue weighted by atomic mass is 9.99. The summed E-state index contributed by atoms with van der Waals surface area (Å²) in [6.45, 7) is -15.2. The predicted molar refractivity (Wildman–Crippen MR) is 333 cm³/mol. The van der Waals surface area contributed by atoms with Crippen LogP contribution in [0, 0.1) is 18.2 Å². The molecule has 0 amide bonds. The lowest BCUT2D eigenvalue weighted by molar-refractivity contribution is -0.184. The highest BCUT2D eigenvalue weighted by molar-refractivity contribution is 8.07. The first-order valence-corrected chi connectivity index (χ1v) is 38.1. The van der Waals surface area contributed by atoms with E-state index in [9.17, 15) is 43.2 Å². The Labute approximate surface area is 543 Å². The zero-order valence-corrected chi connectivity index (χ0v) is 54.3. The zero-order valence-electron chi connectivity index (χ0n) is 47.4. The maximum Gasteiger partial charge on any atom is 0.353 e. The number of aliphatic hydroxyl groups is 1. The first kappa shape index (κ1) is 65.8. The van der Waals surface area contributed by atoms with Gasteiger partial charge in [0, 0.05) is 30.7 Å². The number of ether oxygens (including phenoxy) is 5. The number of thioether (sulfide) groups is 1. The number of nitrogens with one attached hydrogen (secondary N) is 2. The number of aliphatic hydroxyl groups excluding tert-OH is 1. The molecular formula is C47H51F2N17O20P4S4. The molecule has 0 saturated carbocycles. The van der Waals surface area contributed by atoms with Crippen molar-refractivity contribution in [3.8, 4) is 12.3 Å². The van der Waals surface area contributed by atoms with E-state index in [2.05, 4.69) is 50.8 Å². The Bertz CT molecular complexity index is 4740. The van der Waals surface area contributed by atoms with Gasteiger partial charge in [-0.05, 0) is 47.6 Å². The van der Waals surface area contributed by atoms with E-state index in [1.54, 1.807) is 10.6 Å². The molecular weight excluding hydrogens is 1410 g/mol. The number of nitrogens with zero attached hydrogens (tertiary/aromatic N) is 11. The monoisotopic (exact) mass is 1460 g/mol. The van der Waals surface area contributed by atoms with E-state index in [1.807, 2.05) is 0 Å². The van der Waals surface area contributed by atoms with Gasteiger partial charge in [-0.2, -0.15) is 9.97 Å². The molecule has 0 radical (unpaired) electrons. The van der Waals surface area contributed by atoms with Crippen LogP contribution in [0.25, 0.3) is 44.5 Å². The molecule has 8 aromatic heterocycles. The van der Waals surface area contributed by atoms with Crippen molar-refractivity contribution in [2.75, 3.05) is 62.3 Å². The van der Waals surface area contributed by atoms with Crippen molar-refractivity contribution in [3.05, 3.63) is 76.2 Å². The second-order valence-corrected chi connectivity index (χ2v) is 33.7. The van der Waals surface area contributed by atoms with E-state index >= 15 is 4.39 Å². The minimum atomic E-state index is -4.43. The molecule has 0 aromatic carbocycles. The molecule has 15 N–H and O–H groups in total. The van der Waals surface area contributed by atoms with Gasteiger partial charge in [-0.3, -0.25) is 46.9 Å². The van der Waals surface area contributed by atoms with Crippen LogP contribution in [-0.2, 0) is 95.3 Å². The van der Waals surface area contributed by atoms with Crippen molar-refractivity contribution in [2.24, 2.45) is 0 Å². The summed E-state index contributed by atoms with van der Waals surface area (Å²) in [5.74, 6) is 1.30. The van der Waals surface area contributed by atoms with Gasteiger partial charge in [0.1, 0.15) is 71.3 Å². The number of fused-ring (bicyclic) bond motifs is 9. The minimum Gasteiger partial charge on any atom is -0.398 e. The standard InChI is InChI=1S/C24H24F2N8O9P2S2.C23H27N9O11P2S2/c1-2-24-8-39-45(37,47)43-18-16(26)12(40-22(18)34-9-30-17-20(34)31-23(28)32-21(17)35)7-38-44(36,46)42-13(24)5-14(41-24)33-6-10(25)15-11(27)3-4-29-19(15)33;24-9-1-2-26-17-11(9)27-6-31(17)20-15-16-23(42-20,4-38-15)5-41-45(37,46)43-14-13(33)10(3-40-44(35,36)8-39-16)47-21(14)32-7-28-12-18(32)29-22(25)30-19(12)34/h1,3-4,6,9,12-14,16,18,22H,5,7-8H2,(H2,27,29)(H,36,46)(H,37,47)(H3,28,31,32,35);1-2,6-7,10,13-16,20-21,33H,3-5,8H2,(H2,24,26)(H,35,36)(H,37,46)(H3,25,29,30,34)/t12-,13+,14-,16-,18-,22-,24-,44?,45?;10-,13-,14-,15-,16+,20-,21-,23-,45?/m11/s1. The number of anilines is 4. The Hall–Kier alpha value is -5.52. The van der Waals surface area contributed by atoms with Crippen LogP contribution < -0.4 is 34.1 Å². The summed E-state index contributed by atoms with van der Waals surface area (Å²) in [5, 5.41) is 9.58. The number of imidazole rings is 3. The number of rotatable bonds is 4. The largest absolute Gasteiger partial charge is 0.398 e. The fourth-order valence-corrected chi connectivity index (χ4v) is 18.7. The SMILES string of the molecule is C#C[C@@]12COP(O)(=S)O[C@@H]3[C@H](F)[C@@H](COP(O)(=S)O[C@H]1C[C@H](n1cc(F)c4c(N)ccnc41)O2)O[C@H]3n1cnc2c(=O)[nH]c(N)nc21.Nc1nc2c(ncn2[C@@H]2S[C@@H]3COP(=O)(O)CO[C@H]4[C@H]5OC[C@]4(COP(O)(=S)O[C@@H]2[C@@H]3O)O[C@H]5n2cnc3c(N)ccnc32)c(=O)[nH]1. The molecule has 15 heterocycles. The molecule has 19 atom stereocenters. The summed E-state index contributed by atoms with van der Waals surface area (Å²) in [7, 11) is -4.43. The number of terminal acetylenes is 1. The fourth-order valence-electron chi connectivity index (χ4n) is 11.9. The van der Waals surface area contributed by atoms with Crippen molar-refractivity contribution in [1.29, 1.82) is 0 Å². The Balaban J connectivity index is 0.000000162. The average molecular weight is 1460 g/mol. The normalized spacial score (nSPS) is 37.9. The van der Waals surface area contributed by atoms with Crippen molar-refractivity contribution < 1.29 is 93.4 Å². The summed E-state index contributed by atoms with van der Waals surface area (Å²) >= 11 is 17.0. The van der Waals surface area contributed by atoms with E-state index in [-0.39, 0.29) is 64.0 Å². The van der Waals surface area contributed by atoms with E-state index < -0.39 is 167 Å². The van der Waals surface area contributed by atoms with Crippen molar-refractivity contribution >= 4 is 143 Å². The second kappa shape index (κ2) is 24.2. The van der Waals surface area contributed by atoms with Crippen molar-refractivity contribution in [2.45, 2.75) is 95.8 Å². The van der Waals surface area contributed by atoms with Crippen LogP contribution in [0.2, 0.25) is 0 Å². The predicted octanol–water partition coefficient (Wildman–Crippen LogP) is 0.797. The summed E-state index contributed by atoms with van der Waals surface area (Å²) in [6.07, 6.45) is -1.54. The number of alkyl halides is 1. The van der Waals surface area contributed by atoms with Gasteiger partial charge in [-0.15, -0.1) is 18.2 Å². The Kier molecular flexibility index (Phi) is 16.9. The molecule has 15 rings (SSSR count). The molecule has 94 heavy (non-hydrogen) atoms. The summed E-state index contributed by atoms with van der Waals surface area (Å²) < 4.78 is 120. The van der Waals surface area contributed by atoms with Gasteiger partial charge in [-0.25, -0.2) is 33.7 Å². The number of nitrogens with two attached hydrogens (primary N) is 4. The number of hydrogen-bond acceptors (Lipinski definition) is 31. The Morgan fingerprint density at radius 2 is 1.33 bits per heavy atom. The number of aromatic amines is 2. The van der Waals surface area contributed by atoms with Crippen LogP contribution >= 0.6 is 39.5 Å². The maximum absolute atomic E-state index is 16.0. The smallest absolute Gasteiger partial charge is 0.353 e. The Morgan fingerprint density at radius 3 is 2.03 bits per heavy atom. The molecule has 4 unspecified atom stereocenters. The topological polar surface area (TPSA) is 509 Å². The third-order valence-corrected chi connectivity index (χ3v) is 23.5. The van der Waals surface area contributed by atoms with E-state index in [4.69, 9.17) is 120 Å². The molecule has 0 aliphatic carbocycles. The third-order valence-electron chi connectivity index (χ3n) is 16.2. The number of H-pyrrole nitrogens is 2. The van der Waals surface area contributed by atoms with Crippen LogP contribution in [0.15, 0.2) is 59.3 Å². The van der Waals surface area contributed by atoms with Gasteiger partial charge < -0.3 is 98.5 Å². The molecule has 0 spiro atoms. The molecule has 7 saturated heterocycles. The molecule has 7 aliphatic heterocycles. The van der Waals surface area contributed by atoms with Crippen LogP contribution in [0.4, 0.5) is 32.1 Å². The number of hydrogen-bond donors (Lipinski definition) is 11. The third kappa shape index (κ3) is 11.8. The summed E-state index contributed by atoms with van der Waals surface area (Å²) in [5.41, 5.74) is 20.1. The highest BCUT2D eigenvalue weighted by atomic mass is 32.5. The van der Waals surface area contributed by atoms with Gasteiger partial charge in [-0.1, -0.05) is 5.92 Å². The highest BCUT2D eigenvalue weighted by Gasteiger charge is 2.65. The van der Waals surface area contributed by atoms with Gasteiger partial charge in [0.05, 0.1) is 74.4 Å². The number of nitrogen functional groups attached to an aromatic ring is 4. The molecule has 7 aliphatic rings. The van der Waals surface area contributed by atoms with E-state index in [0.29, 0.717) is 16.9 Å². The van der Waals surface area contributed by atoms with Gasteiger partial charge in [0.2, 0.25) is 11.9 Å². The maximum atomic E-state index is 16.0. The van der Waals surface area contributed by atoms with Crippen molar-refractivity contribution in [3.63, 3.8) is 0 Å². The Morgan fingerprint density at radius 1 is 0.713 bits per heavy atom. The molecule has 37 nitrogen and oxygen atoms in total. The minimum absolute atomic E-state index is 0.0345. The van der Waals surface area contributed by atoms with Gasteiger partial charge in [0.15, 0.2) is 58.0 Å². The molecule has 7 fully saturated rings. The van der Waals surface area contributed by atoms with Crippen LogP contribution in [0.5, 0.6) is 0 Å². The molecule has 502 valence electrons. The molecule has 8 aromatic rings. The first-order chi connectivity index (χ1) is 44.6. The first-order valence-electron chi connectivity index (χ1n) is 27.6. The molecule has 6 bridgehead atoms. The zero-order chi connectivity index (χ0) is 66.3. The number of aromatic nitrogens is 13. The summed E-state index contributed by atoms with van der Waals surface area (Å²) in [4.78, 5) is 103. The van der Waals surface area contributed by atoms with Crippen LogP contribution in [0.1, 0.15) is 30.5 Å². The van der Waals surface area contributed by atoms with Crippen molar-refractivity contribution in [1.82, 2.24) is 63.1 Å². The fraction of sp³-hybridized carbons (Fsp3) is 0.468. The lowest BCUT2D eigenvalue weighted by Crippen LogP contribution is -2.46.